The highest BCUT2D eigenvalue weighted by molar-refractivity contribution is 4.91. The molecule has 1 N–H and O–H groups in total. The van der Waals surface area contributed by atoms with Gasteiger partial charge in [0.1, 0.15) is 0 Å². The van der Waals surface area contributed by atoms with Gasteiger partial charge in [0.15, 0.2) is 0 Å². The van der Waals surface area contributed by atoms with Gasteiger partial charge in [-0.1, -0.05) is 0 Å². The first kappa shape index (κ1) is 13.5. The van der Waals surface area contributed by atoms with E-state index in [0.29, 0.717) is 0 Å². The van der Waals surface area contributed by atoms with Crippen molar-refractivity contribution in [3.05, 3.63) is 0 Å². The summed E-state index contributed by atoms with van der Waals surface area (Å²) in [6.45, 7) is 7.70. The minimum Gasteiger partial charge on any atom is -0.381 e. The van der Waals surface area contributed by atoms with E-state index in [1.54, 1.807) is 0 Å². The van der Waals surface area contributed by atoms with Gasteiger partial charge >= 0.3 is 0 Å². The second-order valence-corrected chi connectivity index (χ2v) is 5.37. The topological polar surface area (TPSA) is 45.0 Å². The largest absolute Gasteiger partial charge is 0.381 e. The van der Waals surface area contributed by atoms with E-state index < -0.39 is 0 Å². The van der Waals surface area contributed by atoms with Gasteiger partial charge in [0.25, 0.3) is 0 Å². The third-order valence-electron chi connectivity index (χ3n) is 2.92. The fourth-order valence-corrected chi connectivity index (χ4v) is 1.42. The summed E-state index contributed by atoms with van der Waals surface area (Å²) in [4.78, 5) is 0. The lowest BCUT2D eigenvalue weighted by Gasteiger charge is -2.14. The molecule has 1 saturated carbocycles. The van der Waals surface area contributed by atoms with Crippen LogP contribution in [0.3, 0.4) is 0 Å². The Morgan fingerprint density at radius 1 is 1.38 bits per heavy atom. The van der Waals surface area contributed by atoms with Crippen LogP contribution in [0.15, 0.2) is 0 Å². The lowest BCUT2D eigenvalue weighted by Crippen LogP contribution is -2.23. The molecule has 0 aliphatic heterocycles. The van der Waals surface area contributed by atoms with Crippen molar-refractivity contribution in [1.82, 2.24) is 5.32 Å². The first-order valence-electron chi connectivity index (χ1n) is 6.34. The van der Waals surface area contributed by atoms with Crippen LogP contribution in [0.25, 0.3) is 0 Å². The van der Waals surface area contributed by atoms with E-state index in [1.807, 2.05) is 13.8 Å². The Kier molecular flexibility index (Phi) is 5.79. The first-order valence-corrected chi connectivity index (χ1v) is 6.34. The number of nitrogens with one attached hydrogen (secondary N) is 1. The second kappa shape index (κ2) is 6.88. The molecule has 1 aliphatic carbocycles. The Morgan fingerprint density at radius 2 is 2.12 bits per heavy atom. The molecule has 0 heterocycles. The molecule has 0 saturated heterocycles. The van der Waals surface area contributed by atoms with Gasteiger partial charge in [-0.15, -0.1) is 0 Å². The number of nitrogens with zero attached hydrogens (tertiary/aromatic N) is 1. The number of hydrogen-bond acceptors (Lipinski definition) is 3. The molecule has 1 aliphatic rings. The SMILES string of the molecule is CC(C)(C#N)CCNCCCOCC1CC1. The van der Waals surface area contributed by atoms with Crippen LogP contribution < -0.4 is 5.32 Å². The van der Waals surface area contributed by atoms with E-state index in [9.17, 15) is 0 Å². The molecular weight excluding hydrogens is 200 g/mol. The Balaban J connectivity index is 1.79. The van der Waals surface area contributed by atoms with E-state index in [4.69, 9.17) is 10.00 Å². The van der Waals surface area contributed by atoms with E-state index >= 15 is 0 Å². The Bertz CT molecular complexity index is 229. The van der Waals surface area contributed by atoms with Crippen LogP contribution in [-0.2, 0) is 4.74 Å². The summed E-state index contributed by atoms with van der Waals surface area (Å²) in [6, 6.07) is 2.31. The number of hydrogen-bond donors (Lipinski definition) is 1. The average Bonchev–Trinajstić information content (AvgIpc) is 3.06. The molecule has 0 aromatic heterocycles. The molecular formula is C13H24N2O. The molecule has 3 nitrogen and oxygen atoms in total. The summed E-state index contributed by atoms with van der Waals surface area (Å²) in [7, 11) is 0. The van der Waals surface area contributed by atoms with Crippen molar-refractivity contribution in [3.63, 3.8) is 0 Å². The van der Waals surface area contributed by atoms with Gasteiger partial charge < -0.3 is 10.1 Å². The third kappa shape index (κ3) is 6.81. The molecule has 16 heavy (non-hydrogen) atoms. The number of nitriles is 1. The normalized spacial score (nSPS) is 16.1. The van der Waals surface area contributed by atoms with Gasteiger partial charge in [-0.2, -0.15) is 5.26 Å². The monoisotopic (exact) mass is 224 g/mol. The summed E-state index contributed by atoms with van der Waals surface area (Å²) in [5, 5.41) is 12.2. The van der Waals surface area contributed by atoms with Crippen LogP contribution in [0.4, 0.5) is 0 Å². The highest BCUT2D eigenvalue weighted by Crippen LogP contribution is 2.28. The first-order chi connectivity index (χ1) is 7.64. The standard InChI is InChI=1S/C13H24N2O/c1-13(2,11-14)6-8-15-7-3-9-16-10-12-4-5-12/h12,15H,3-10H2,1-2H3. The van der Waals surface area contributed by atoms with Gasteiger partial charge in [0.2, 0.25) is 0 Å². The highest BCUT2D eigenvalue weighted by atomic mass is 16.5. The molecule has 92 valence electrons. The molecule has 1 rings (SSSR count). The Labute approximate surface area is 99.2 Å². The maximum absolute atomic E-state index is 8.83. The molecule has 0 aromatic carbocycles. The zero-order chi connectivity index (χ0) is 11.9. The van der Waals surface area contributed by atoms with Gasteiger partial charge in [-0.3, -0.25) is 0 Å². The van der Waals surface area contributed by atoms with Gasteiger partial charge in [0.05, 0.1) is 11.5 Å². The zero-order valence-electron chi connectivity index (χ0n) is 10.6. The van der Waals surface area contributed by atoms with Gasteiger partial charge in [-0.25, -0.2) is 0 Å². The van der Waals surface area contributed by atoms with Crippen molar-refractivity contribution < 1.29 is 4.74 Å². The number of rotatable bonds is 9. The van der Waals surface area contributed by atoms with Crippen LogP contribution in [0.5, 0.6) is 0 Å². The lowest BCUT2D eigenvalue weighted by atomic mass is 9.91. The van der Waals surface area contributed by atoms with Crippen LogP contribution in [0, 0.1) is 22.7 Å². The molecule has 0 radical (unpaired) electrons. The van der Waals surface area contributed by atoms with Crippen LogP contribution in [-0.4, -0.2) is 26.3 Å². The number of ether oxygens (including phenoxy) is 1. The fraction of sp³-hybridized carbons (Fsp3) is 0.923. The summed E-state index contributed by atoms with van der Waals surface area (Å²) in [5.41, 5.74) is -0.199. The predicted octanol–water partition coefficient (Wildman–Crippen LogP) is 2.33. The Hall–Kier alpha value is -0.590. The van der Waals surface area contributed by atoms with E-state index in [1.165, 1.54) is 12.8 Å². The fourth-order valence-electron chi connectivity index (χ4n) is 1.42. The summed E-state index contributed by atoms with van der Waals surface area (Å²) < 4.78 is 5.53. The molecule has 0 bridgehead atoms. The van der Waals surface area contributed by atoms with Crippen LogP contribution in [0.1, 0.15) is 39.5 Å². The predicted molar refractivity (Wildman–Crippen MR) is 65.0 cm³/mol. The molecule has 0 unspecified atom stereocenters. The summed E-state index contributed by atoms with van der Waals surface area (Å²) >= 11 is 0. The van der Waals surface area contributed by atoms with Crippen LogP contribution >= 0.6 is 0 Å². The molecule has 0 aromatic rings. The molecule has 0 spiro atoms. The van der Waals surface area contributed by atoms with Gasteiger partial charge in [-0.05, 0) is 58.5 Å². The molecule has 0 atom stereocenters. The van der Waals surface area contributed by atoms with Crippen molar-refractivity contribution in [2.75, 3.05) is 26.3 Å². The minimum atomic E-state index is -0.199. The molecule has 3 heteroatoms. The lowest BCUT2D eigenvalue weighted by molar-refractivity contribution is 0.122. The van der Waals surface area contributed by atoms with Crippen molar-refractivity contribution in [3.8, 4) is 6.07 Å². The molecule has 0 amide bonds. The van der Waals surface area contributed by atoms with Crippen LogP contribution in [0.2, 0.25) is 0 Å². The highest BCUT2D eigenvalue weighted by Gasteiger charge is 2.20. The summed E-state index contributed by atoms with van der Waals surface area (Å²) in [6.07, 6.45) is 4.70. The van der Waals surface area contributed by atoms with Crippen molar-refractivity contribution in [2.24, 2.45) is 11.3 Å². The van der Waals surface area contributed by atoms with Crippen molar-refractivity contribution in [1.29, 1.82) is 5.26 Å². The minimum absolute atomic E-state index is 0.199. The summed E-state index contributed by atoms with van der Waals surface area (Å²) in [5.74, 6) is 0.865. The third-order valence-corrected chi connectivity index (χ3v) is 2.92. The van der Waals surface area contributed by atoms with Crippen molar-refractivity contribution >= 4 is 0 Å². The Morgan fingerprint density at radius 3 is 2.75 bits per heavy atom. The zero-order valence-corrected chi connectivity index (χ0v) is 10.6. The smallest absolute Gasteiger partial charge is 0.0684 e. The van der Waals surface area contributed by atoms with E-state index in [2.05, 4.69) is 11.4 Å². The maximum Gasteiger partial charge on any atom is 0.0684 e. The molecule has 1 fully saturated rings. The van der Waals surface area contributed by atoms with E-state index in [0.717, 1.165) is 45.1 Å². The second-order valence-electron chi connectivity index (χ2n) is 5.37. The maximum atomic E-state index is 8.83. The van der Waals surface area contributed by atoms with Gasteiger partial charge in [0, 0.05) is 13.2 Å². The van der Waals surface area contributed by atoms with Crippen molar-refractivity contribution in [2.45, 2.75) is 39.5 Å². The average molecular weight is 224 g/mol. The quantitative estimate of drug-likeness (QED) is 0.611. The van der Waals surface area contributed by atoms with E-state index in [-0.39, 0.29) is 5.41 Å².